The van der Waals surface area contributed by atoms with Crippen LogP contribution < -0.4 is 11.2 Å². The summed E-state index contributed by atoms with van der Waals surface area (Å²) in [5, 5.41) is 20.1. The van der Waals surface area contributed by atoms with E-state index in [9.17, 15) is 24.6 Å². The average Bonchev–Trinajstić information content (AvgIpc) is 3.04. The molecule has 0 saturated heterocycles. The molecular weight excluding hydrogens is 400 g/mol. The molecular formula is C23H38N2O6. The highest BCUT2D eigenvalue weighted by atomic mass is 16.6. The van der Waals surface area contributed by atoms with E-state index in [2.05, 4.69) is 11.9 Å². The average molecular weight is 439 g/mol. The van der Waals surface area contributed by atoms with Crippen LogP contribution in [0.15, 0.2) is 15.8 Å². The molecule has 8 heteroatoms. The minimum atomic E-state index is -1.07. The number of aromatic amines is 1. The van der Waals surface area contributed by atoms with Crippen molar-refractivity contribution in [3.05, 3.63) is 32.6 Å². The highest BCUT2D eigenvalue weighted by Crippen LogP contribution is 2.36. The molecule has 1 heterocycles. The molecule has 1 fully saturated rings. The number of hydrogen-bond donors (Lipinski definition) is 3. The molecule has 31 heavy (non-hydrogen) atoms. The normalized spacial score (nSPS) is 23.2. The van der Waals surface area contributed by atoms with E-state index in [1.807, 2.05) is 0 Å². The number of hydrogen-bond acceptors (Lipinski definition) is 6. The van der Waals surface area contributed by atoms with E-state index in [0.29, 0.717) is 5.56 Å². The molecule has 0 aromatic carbocycles. The van der Waals surface area contributed by atoms with Gasteiger partial charge in [0.15, 0.2) is 0 Å². The minimum Gasteiger partial charge on any atom is -0.457 e. The van der Waals surface area contributed by atoms with Crippen LogP contribution in [0.3, 0.4) is 0 Å². The van der Waals surface area contributed by atoms with Gasteiger partial charge in [0, 0.05) is 30.7 Å². The zero-order chi connectivity index (χ0) is 22.8. The first-order valence-electron chi connectivity index (χ1n) is 11.7. The first kappa shape index (κ1) is 25.3. The fourth-order valence-electron chi connectivity index (χ4n) is 4.31. The summed E-state index contributed by atoms with van der Waals surface area (Å²) in [7, 11) is 0. The Bertz CT molecular complexity index is 802. The summed E-state index contributed by atoms with van der Waals surface area (Å²) in [6, 6.07) is -0.637. The number of nitrogens with one attached hydrogen (secondary N) is 1. The van der Waals surface area contributed by atoms with Crippen LogP contribution in [0.1, 0.15) is 89.2 Å². The summed E-state index contributed by atoms with van der Waals surface area (Å²) in [6.07, 6.45) is 10.2. The van der Waals surface area contributed by atoms with Gasteiger partial charge in [0.05, 0.1) is 12.1 Å². The van der Waals surface area contributed by atoms with Gasteiger partial charge in [-0.2, -0.15) is 0 Å². The van der Waals surface area contributed by atoms with Crippen LogP contribution in [-0.4, -0.2) is 44.5 Å². The molecule has 3 N–H and O–H groups in total. The van der Waals surface area contributed by atoms with Crippen LogP contribution in [-0.2, 0) is 9.53 Å². The Morgan fingerprint density at radius 1 is 1.13 bits per heavy atom. The van der Waals surface area contributed by atoms with Gasteiger partial charge in [-0.25, -0.2) is 4.79 Å². The first-order valence-corrected chi connectivity index (χ1v) is 11.7. The molecule has 1 saturated carbocycles. The Balaban J connectivity index is 1.87. The van der Waals surface area contributed by atoms with Crippen molar-refractivity contribution in [1.82, 2.24) is 9.55 Å². The number of ether oxygens (including phenoxy) is 1. The highest BCUT2D eigenvalue weighted by Gasteiger charge is 2.46. The second-order valence-corrected chi connectivity index (χ2v) is 8.75. The molecule has 1 aliphatic rings. The third kappa shape index (κ3) is 7.31. The van der Waals surface area contributed by atoms with Gasteiger partial charge in [0.1, 0.15) is 6.10 Å². The van der Waals surface area contributed by atoms with Crippen molar-refractivity contribution in [3.8, 4) is 0 Å². The zero-order valence-electron chi connectivity index (χ0n) is 18.8. The van der Waals surface area contributed by atoms with Gasteiger partial charge < -0.3 is 14.9 Å². The Labute approximate surface area is 183 Å². The quantitative estimate of drug-likeness (QED) is 0.321. The Morgan fingerprint density at radius 2 is 1.74 bits per heavy atom. The predicted molar refractivity (Wildman–Crippen MR) is 118 cm³/mol. The van der Waals surface area contributed by atoms with Crippen molar-refractivity contribution in [2.45, 2.75) is 103 Å². The van der Waals surface area contributed by atoms with E-state index in [-0.39, 0.29) is 19.4 Å². The number of carbonyl (C=O) groups excluding carboxylic acids is 1. The summed E-state index contributed by atoms with van der Waals surface area (Å²) in [5.41, 5.74) is -0.745. The molecule has 2 rings (SSSR count). The van der Waals surface area contributed by atoms with Crippen LogP contribution in [0, 0.1) is 12.8 Å². The van der Waals surface area contributed by atoms with Gasteiger partial charge in [-0.3, -0.25) is 19.1 Å². The third-order valence-corrected chi connectivity index (χ3v) is 6.23. The number of rotatable bonds is 13. The lowest BCUT2D eigenvalue weighted by Gasteiger charge is -2.24. The number of aryl methyl sites for hydroxylation is 1. The number of nitrogens with zero attached hydrogens (tertiary/aromatic N) is 1. The fraction of sp³-hybridized carbons (Fsp3) is 0.783. The van der Waals surface area contributed by atoms with E-state index in [0.717, 1.165) is 19.3 Å². The van der Waals surface area contributed by atoms with Crippen LogP contribution in [0.4, 0.5) is 0 Å². The second-order valence-electron chi connectivity index (χ2n) is 8.75. The van der Waals surface area contributed by atoms with Crippen molar-refractivity contribution in [3.63, 3.8) is 0 Å². The smallest absolute Gasteiger partial charge is 0.328 e. The number of carbonyl (C=O) groups is 1. The van der Waals surface area contributed by atoms with Gasteiger partial charge in [-0.1, -0.05) is 58.3 Å². The highest BCUT2D eigenvalue weighted by molar-refractivity contribution is 5.69. The third-order valence-electron chi connectivity index (χ3n) is 6.23. The maximum atomic E-state index is 12.4. The van der Waals surface area contributed by atoms with E-state index in [1.165, 1.54) is 49.3 Å². The second kappa shape index (κ2) is 12.8. The number of aliphatic hydroxyl groups excluding tert-OH is 2. The van der Waals surface area contributed by atoms with E-state index < -0.39 is 41.4 Å². The van der Waals surface area contributed by atoms with Crippen molar-refractivity contribution in [2.24, 2.45) is 5.92 Å². The molecule has 0 unspecified atom stereocenters. The molecule has 176 valence electrons. The van der Waals surface area contributed by atoms with Crippen LogP contribution in [0.5, 0.6) is 0 Å². The van der Waals surface area contributed by atoms with Crippen molar-refractivity contribution in [1.29, 1.82) is 0 Å². The Hall–Kier alpha value is -1.93. The predicted octanol–water partition coefficient (Wildman–Crippen LogP) is 2.59. The molecule has 0 amide bonds. The molecule has 0 aliphatic heterocycles. The van der Waals surface area contributed by atoms with E-state index in [1.54, 1.807) is 6.92 Å². The van der Waals surface area contributed by atoms with Gasteiger partial charge in [0.2, 0.25) is 0 Å². The standard InChI is InChI=1S/C23H38N2O6/c1-3-4-5-6-7-8-9-10-11-12-19(27)31-21-18(13-17(15-26)20(21)28)25-14-16(2)22(29)24-23(25)30/h14,17-18,20-21,26,28H,3-13,15H2,1-2H3,(H,24,29,30)/t17-,18-,20-,21-/m1/s1. The van der Waals surface area contributed by atoms with Crippen molar-refractivity contribution >= 4 is 5.97 Å². The van der Waals surface area contributed by atoms with Gasteiger partial charge in [-0.15, -0.1) is 0 Å². The van der Waals surface area contributed by atoms with Gasteiger partial charge in [-0.05, 0) is 19.8 Å². The topological polar surface area (TPSA) is 122 Å². The molecule has 8 nitrogen and oxygen atoms in total. The maximum absolute atomic E-state index is 12.4. The fourth-order valence-corrected chi connectivity index (χ4v) is 4.31. The SMILES string of the molecule is CCCCCCCCCCCC(=O)O[C@H]1[C@H](O)[C@@H](CO)C[C@H]1n1cc(C)c(=O)[nH]c1=O. The van der Waals surface area contributed by atoms with E-state index >= 15 is 0 Å². The molecule has 0 radical (unpaired) electrons. The van der Waals surface area contributed by atoms with Gasteiger partial charge in [0.25, 0.3) is 5.56 Å². The molecule has 1 aliphatic carbocycles. The molecule has 4 atom stereocenters. The number of esters is 1. The summed E-state index contributed by atoms with van der Waals surface area (Å²) < 4.78 is 6.87. The van der Waals surface area contributed by atoms with Crippen LogP contribution >= 0.6 is 0 Å². The summed E-state index contributed by atoms with van der Waals surface area (Å²) >= 11 is 0. The lowest BCUT2D eigenvalue weighted by atomic mass is 10.1. The summed E-state index contributed by atoms with van der Waals surface area (Å²) in [4.78, 5) is 38.6. The molecule has 0 spiro atoms. The van der Waals surface area contributed by atoms with Gasteiger partial charge >= 0.3 is 11.7 Å². The molecule has 1 aromatic rings. The number of aromatic nitrogens is 2. The van der Waals surface area contributed by atoms with Crippen molar-refractivity contribution < 1.29 is 19.7 Å². The van der Waals surface area contributed by atoms with E-state index in [4.69, 9.17) is 4.74 Å². The minimum absolute atomic E-state index is 0.259. The Kier molecular flexibility index (Phi) is 10.5. The van der Waals surface area contributed by atoms with Crippen molar-refractivity contribution in [2.75, 3.05) is 6.61 Å². The largest absolute Gasteiger partial charge is 0.457 e. The number of aliphatic hydroxyl groups is 2. The Morgan fingerprint density at radius 3 is 2.35 bits per heavy atom. The zero-order valence-corrected chi connectivity index (χ0v) is 18.8. The maximum Gasteiger partial charge on any atom is 0.328 e. The lowest BCUT2D eigenvalue weighted by Crippen LogP contribution is -2.40. The summed E-state index contributed by atoms with van der Waals surface area (Å²) in [6.45, 7) is 3.51. The lowest BCUT2D eigenvalue weighted by molar-refractivity contribution is -0.156. The molecule has 1 aromatic heterocycles. The van der Waals surface area contributed by atoms with Crippen LogP contribution in [0.2, 0.25) is 0 Å². The molecule has 0 bridgehead atoms. The number of H-pyrrole nitrogens is 1. The first-order chi connectivity index (χ1) is 14.9. The number of unbranched alkanes of at least 4 members (excludes halogenated alkanes) is 8. The summed E-state index contributed by atoms with van der Waals surface area (Å²) in [5.74, 6) is -0.917. The van der Waals surface area contributed by atoms with Crippen LogP contribution in [0.25, 0.3) is 0 Å². The monoisotopic (exact) mass is 438 g/mol.